The van der Waals surface area contributed by atoms with Gasteiger partial charge >= 0.3 is 5.91 Å². The Morgan fingerprint density at radius 2 is 1.73 bits per heavy atom. The Kier molecular flexibility index (Phi) is 6.91. The minimum Gasteiger partial charge on any atom is -0.507 e. The van der Waals surface area contributed by atoms with Crippen molar-refractivity contribution in [2.24, 2.45) is 0 Å². The highest BCUT2D eigenvalue weighted by atomic mass is 32.2. The van der Waals surface area contributed by atoms with E-state index in [0.29, 0.717) is 21.2 Å². The largest absolute Gasteiger partial charge is 0.507 e. The van der Waals surface area contributed by atoms with Gasteiger partial charge in [0.05, 0.1) is 11.6 Å². The number of aryl methyl sites for hydroxylation is 1. The molecule has 1 atom stereocenters. The van der Waals surface area contributed by atoms with E-state index in [2.05, 4.69) is 34.5 Å². The Balaban J connectivity index is 1.36. The molecule has 1 aromatic heterocycles. The molecule has 2 heterocycles. The number of nitrogens with zero attached hydrogens (tertiary/aromatic N) is 3. The fourth-order valence-corrected chi connectivity index (χ4v) is 6.66. The summed E-state index contributed by atoms with van der Waals surface area (Å²) in [5, 5.41) is 22.3. The van der Waals surface area contributed by atoms with Crippen LogP contribution in [-0.4, -0.2) is 27.0 Å². The molecule has 198 valence electrons. The molecule has 1 unspecified atom stereocenters. The van der Waals surface area contributed by atoms with Crippen molar-refractivity contribution in [3.8, 4) is 0 Å². The molecule has 6 nitrogen and oxygen atoms in total. The van der Waals surface area contributed by atoms with E-state index in [4.69, 9.17) is 0 Å². The fraction of sp³-hybridized carbons (Fsp3) is 0.0968. The van der Waals surface area contributed by atoms with Gasteiger partial charge in [-0.05, 0) is 40.5 Å². The van der Waals surface area contributed by atoms with Crippen molar-refractivity contribution in [3.05, 3.63) is 125 Å². The van der Waals surface area contributed by atoms with Crippen molar-refractivity contribution >= 4 is 56.5 Å². The first-order chi connectivity index (χ1) is 19.4. The van der Waals surface area contributed by atoms with Crippen LogP contribution in [0, 0.1) is 12.7 Å². The van der Waals surface area contributed by atoms with Crippen LogP contribution >= 0.6 is 23.1 Å². The quantitative estimate of drug-likeness (QED) is 0.0778. The normalized spacial score (nSPS) is 16.6. The predicted octanol–water partition coefficient (Wildman–Crippen LogP) is 7.06. The number of aliphatic hydroxyl groups is 1. The second-order valence-corrected chi connectivity index (χ2v) is 11.5. The zero-order valence-electron chi connectivity index (χ0n) is 21.2. The molecular weight excluding hydrogens is 545 g/mol. The lowest BCUT2D eigenvalue weighted by Crippen LogP contribution is -2.29. The third-order valence-corrected chi connectivity index (χ3v) is 8.94. The Morgan fingerprint density at radius 3 is 2.52 bits per heavy atom. The number of ketones is 1. The first kappa shape index (κ1) is 25.9. The average Bonchev–Trinajstić information content (AvgIpc) is 3.55. The van der Waals surface area contributed by atoms with Gasteiger partial charge in [0.25, 0.3) is 5.78 Å². The number of halogens is 1. The van der Waals surface area contributed by atoms with Crippen molar-refractivity contribution < 1.29 is 19.1 Å². The van der Waals surface area contributed by atoms with Gasteiger partial charge in [-0.3, -0.25) is 14.5 Å². The maximum absolute atomic E-state index is 14.3. The van der Waals surface area contributed by atoms with Crippen LogP contribution in [-0.2, 0) is 15.3 Å². The van der Waals surface area contributed by atoms with Crippen molar-refractivity contribution in [2.45, 2.75) is 23.1 Å². The van der Waals surface area contributed by atoms with Crippen LogP contribution in [0.5, 0.6) is 0 Å². The van der Waals surface area contributed by atoms with Gasteiger partial charge in [-0.1, -0.05) is 108 Å². The molecule has 1 aliphatic rings. The molecule has 0 aliphatic carbocycles. The highest BCUT2D eigenvalue weighted by molar-refractivity contribution is 8.00. The maximum atomic E-state index is 14.3. The Morgan fingerprint density at radius 1 is 0.975 bits per heavy atom. The van der Waals surface area contributed by atoms with E-state index < -0.39 is 29.3 Å². The second kappa shape index (κ2) is 10.7. The number of Topliss-reactive ketones (excluding diaryl/α,β-unsaturated/α-hetero) is 1. The summed E-state index contributed by atoms with van der Waals surface area (Å²) >= 11 is 2.70. The van der Waals surface area contributed by atoms with Crippen molar-refractivity contribution in [1.82, 2.24) is 10.2 Å². The molecule has 0 spiro atoms. The van der Waals surface area contributed by atoms with E-state index in [-0.39, 0.29) is 16.3 Å². The molecule has 1 saturated heterocycles. The van der Waals surface area contributed by atoms with Crippen LogP contribution in [0.4, 0.5) is 9.52 Å². The van der Waals surface area contributed by atoms with Gasteiger partial charge in [0.1, 0.15) is 11.6 Å². The Bertz CT molecular complexity index is 1800. The summed E-state index contributed by atoms with van der Waals surface area (Å²) in [5.41, 5.74) is 2.15. The zero-order chi connectivity index (χ0) is 27.8. The minimum atomic E-state index is -0.950. The van der Waals surface area contributed by atoms with E-state index in [1.165, 1.54) is 40.1 Å². The van der Waals surface area contributed by atoms with Crippen LogP contribution in [0.25, 0.3) is 16.5 Å². The summed E-state index contributed by atoms with van der Waals surface area (Å²) in [6.07, 6.45) is 0. The van der Waals surface area contributed by atoms with E-state index in [9.17, 15) is 19.1 Å². The summed E-state index contributed by atoms with van der Waals surface area (Å²) in [6.45, 7) is 1.60. The zero-order valence-corrected chi connectivity index (χ0v) is 22.9. The number of fused-ring (bicyclic) bond motifs is 1. The van der Waals surface area contributed by atoms with Crippen LogP contribution in [0.2, 0.25) is 0 Å². The monoisotopic (exact) mass is 567 g/mol. The van der Waals surface area contributed by atoms with Gasteiger partial charge in [-0.2, -0.15) is 0 Å². The lowest BCUT2D eigenvalue weighted by atomic mass is 9.95. The van der Waals surface area contributed by atoms with Crippen LogP contribution in [0.3, 0.4) is 0 Å². The summed E-state index contributed by atoms with van der Waals surface area (Å²) in [5.74, 6) is -2.01. The lowest BCUT2D eigenvalue weighted by molar-refractivity contribution is -0.132. The molecule has 4 aromatic carbocycles. The summed E-state index contributed by atoms with van der Waals surface area (Å²) in [4.78, 5) is 28.0. The number of aromatic nitrogens is 2. The SMILES string of the molecule is Cc1ccc(/C(O)=C2/C(=O)C(=O)N(c3nnc(SCc4cccc5ccccc45)s3)C2c2ccccc2)cc1F. The van der Waals surface area contributed by atoms with Gasteiger partial charge in [0.2, 0.25) is 5.13 Å². The first-order valence-electron chi connectivity index (χ1n) is 12.5. The Labute approximate surface area is 237 Å². The number of aliphatic hydroxyl groups excluding tert-OH is 1. The fourth-order valence-electron chi connectivity index (χ4n) is 4.79. The van der Waals surface area contributed by atoms with Crippen molar-refractivity contribution in [3.63, 3.8) is 0 Å². The van der Waals surface area contributed by atoms with Gasteiger partial charge in [-0.25, -0.2) is 4.39 Å². The van der Waals surface area contributed by atoms with E-state index >= 15 is 0 Å². The number of hydrogen-bond donors (Lipinski definition) is 1. The maximum Gasteiger partial charge on any atom is 0.301 e. The van der Waals surface area contributed by atoms with Crippen molar-refractivity contribution in [1.29, 1.82) is 0 Å². The topological polar surface area (TPSA) is 83.4 Å². The summed E-state index contributed by atoms with van der Waals surface area (Å²) in [6, 6.07) is 26.5. The highest BCUT2D eigenvalue weighted by Gasteiger charge is 2.48. The minimum absolute atomic E-state index is 0.116. The number of amides is 1. The molecule has 1 amide bonds. The van der Waals surface area contributed by atoms with Crippen LogP contribution < -0.4 is 4.90 Å². The van der Waals surface area contributed by atoms with E-state index in [1.54, 1.807) is 31.2 Å². The number of benzene rings is 4. The van der Waals surface area contributed by atoms with E-state index in [1.807, 2.05) is 24.3 Å². The number of carbonyl (C=O) groups excluding carboxylic acids is 2. The Hall–Kier alpha value is -4.34. The van der Waals surface area contributed by atoms with Gasteiger partial charge < -0.3 is 5.11 Å². The standard InChI is InChI=1S/C31H22FN3O3S2/c1-18-14-15-21(16-24(18)32)27(36)25-26(20-9-3-2-4-10-20)35(29(38)28(25)37)30-33-34-31(40-30)39-17-22-12-7-11-19-8-5-6-13-23(19)22/h2-16,26,36H,17H2,1H3/b27-25-. The van der Waals surface area contributed by atoms with Crippen molar-refractivity contribution in [2.75, 3.05) is 4.90 Å². The molecular formula is C31H22FN3O3S2. The number of carbonyl (C=O) groups is 2. The predicted molar refractivity (Wildman–Crippen MR) is 156 cm³/mol. The molecule has 1 fully saturated rings. The van der Waals surface area contributed by atoms with Crippen LogP contribution in [0.1, 0.15) is 28.3 Å². The van der Waals surface area contributed by atoms with E-state index in [0.717, 1.165) is 22.4 Å². The molecule has 5 aromatic rings. The molecule has 9 heteroatoms. The average molecular weight is 568 g/mol. The molecule has 0 saturated carbocycles. The molecule has 1 aliphatic heterocycles. The third-order valence-electron chi connectivity index (χ3n) is 6.84. The molecule has 0 radical (unpaired) electrons. The summed E-state index contributed by atoms with van der Waals surface area (Å²) in [7, 11) is 0. The highest BCUT2D eigenvalue weighted by Crippen LogP contribution is 2.44. The summed E-state index contributed by atoms with van der Waals surface area (Å²) < 4.78 is 15.0. The molecule has 1 N–H and O–H groups in total. The first-order valence-corrected chi connectivity index (χ1v) is 14.3. The lowest BCUT2D eigenvalue weighted by Gasteiger charge is -2.22. The number of hydrogen-bond acceptors (Lipinski definition) is 7. The molecule has 40 heavy (non-hydrogen) atoms. The van der Waals surface area contributed by atoms with Gasteiger partial charge in [0, 0.05) is 11.3 Å². The number of anilines is 1. The van der Waals surface area contributed by atoms with Gasteiger partial charge in [-0.15, -0.1) is 10.2 Å². The smallest absolute Gasteiger partial charge is 0.301 e. The number of rotatable bonds is 6. The van der Waals surface area contributed by atoms with Crippen LogP contribution in [0.15, 0.2) is 101 Å². The second-order valence-electron chi connectivity index (χ2n) is 9.32. The molecule has 6 rings (SSSR count). The molecule has 0 bridgehead atoms. The number of thioether (sulfide) groups is 1. The third kappa shape index (κ3) is 4.67. The van der Waals surface area contributed by atoms with Gasteiger partial charge in [0.15, 0.2) is 4.34 Å².